The number of rotatable bonds is 4. The standard InChI is InChI=1S/C7H12S4/c1-6(8)2-9-3-7-4-10-5-11-7/h4,6,8H,2-3,5H2,1H3. The third-order valence-corrected chi connectivity index (χ3v) is 5.24. The lowest BCUT2D eigenvalue weighted by Crippen LogP contribution is -1.95. The fraction of sp³-hybridized carbons (Fsp3) is 0.714. The van der Waals surface area contributed by atoms with E-state index >= 15 is 0 Å². The zero-order valence-corrected chi connectivity index (χ0v) is 9.79. The summed E-state index contributed by atoms with van der Waals surface area (Å²) in [5.41, 5.74) is 0. The zero-order chi connectivity index (χ0) is 8.10. The van der Waals surface area contributed by atoms with Gasteiger partial charge in [-0.1, -0.05) is 6.92 Å². The summed E-state index contributed by atoms with van der Waals surface area (Å²) in [5, 5.41) is 4.02. The minimum atomic E-state index is 0.527. The fourth-order valence-corrected chi connectivity index (χ4v) is 4.32. The predicted molar refractivity (Wildman–Crippen MR) is 63.9 cm³/mol. The van der Waals surface area contributed by atoms with Crippen LogP contribution in [0.4, 0.5) is 0 Å². The molecule has 11 heavy (non-hydrogen) atoms. The van der Waals surface area contributed by atoms with Crippen LogP contribution in [0.5, 0.6) is 0 Å². The second-order valence-electron chi connectivity index (χ2n) is 2.38. The highest BCUT2D eigenvalue weighted by atomic mass is 32.2. The Hall–Kier alpha value is 1.14. The number of thiol groups is 1. The minimum absolute atomic E-state index is 0.527. The Kier molecular flexibility index (Phi) is 5.32. The van der Waals surface area contributed by atoms with Gasteiger partial charge in [-0.15, -0.1) is 23.5 Å². The highest BCUT2D eigenvalue weighted by Gasteiger charge is 2.05. The van der Waals surface area contributed by atoms with E-state index in [0.29, 0.717) is 5.25 Å². The molecule has 0 bridgehead atoms. The third-order valence-electron chi connectivity index (χ3n) is 1.13. The zero-order valence-electron chi connectivity index (χ0n) is 6.45. The first-order valence-electron chi connectivity index (χ1n) is 3.48. The van der Waals surface area contributed by atoms with Crippen molar-refractivity contribution in [2.45, 2.75) is 12.2 Å². The summed E-state index contributed by atoms with van der Waals surface area (Å²) < 4.78 is 0. The molecular formula is C7H12S4. The van der Waals surface area contributed by atoms with Crippen molar-refractivity contribution >= 4 is 47.9 Å². The van der Waals surface area contributed by atoms with Gasteiger partial charge in [0, 0.05) is 26.7 Å². The smallest absolute Gasteiger partial charge is 0.0478 e. The van der Waals surface area contributed by atoms with E-state index in [1.54, 1.807) is 0 Å². The molecule has 0 aromatic carbocycles. The summed E-state index contributed by atoms with van der Waals surface area (Å²) >= 11 is 10.2. The number of hydrogen-bond acceptors (Lipinski definition) is 4. The molecule has 4 heteroatoms. The molecule has 0 aliphatic carbocycles. The third kappa shape index (κ3) is 4.65. The maximum atomic E-state index is 4.32. The lowest BCUT2D eigenvalue weighted by molar-refractivity contribution is 1.14. The first-order valence-corrected chi connectivity index (χ1v) is 7.19. The Balaban J connectivity index is 2.03. The molecule has 64 valence electrons. The van der Waals surface area contributed by atoms with Gasteiger partial charge in [0.25, 0.3) is 0 Å². The Morgan fingerprint density at radius 1 is 1.82 bits per heavy atom. The summed E-state index contributed by atoms with van der Waals surface area (Å²) in [4.78, 5) is 1.54. The van der Waals surface area contributed by atoms with Crippen LogP contribution in [-0.2, 0) is 0 Å². The average Bonchev–Trinajstić information content (AvgIpc) is 2.39. The van der Waals surface area contributed by atoms with E-state index in [4.69, 9.17) is 0 Å². The van der Waals surface area contributed by atoms with Crippen molar-refractivity contribution in [1.29, 1.82) is 0 Å². The monoisotopic (exact) mass is 224 g/mol. The van der Waals surface area contributed by atoms with Gasteiger partial charge in [0.2, 0.25) is 0 Å². The van der Waals surface area contributed by atoms with Crippen molar-refractivity contribution < 1.29 is 0 Å². The van der Waals surface area contributed by atoms with Gasteiger partial charge < -0.3 is 0 Å². The van der Waals surface area contributed by atoms with Gasteiger partial charge in [-0.25, -0.2) is 0 Å². The van der Waals surface area contributed by atoms with Gasteiger partial charge in [0.1, 0.15) is 0 Å². The van der Waals surface area contributed by atoms with E-state index < -0.39 is 0 Å². The van der Waals surface area contributed by atoms with E-state index in [9.17, 15) is 0 Å². The van der Waals surface area contributed by atoms with Gasteiger partial charge in [-0.05, 0) is 5.41 Å². The summed E-state index contributed by atoms with van der Waals surface area (Å²) in [6, 6.07) is 0. The Morgan fingerprint density at radius 3 is 3.18 bits per heavy atom. The molecule has 0 saturated carbocycles. The molecule has 0 saturated heterocycles. The molecule has 0 N–H and O–H groups in total. The summed E-state index contributed by atoms with van der Waals surface area (Å²) in [6.45, 7) is 2.14. The fourth-order valence-electron chi connectivity index (χ4n) is 0.676. The first-order chi connectivity index (χ1) is 5.29. The quantitative estimate of drug-likeness (QED) is 0.728. The van der Waals surface area contributed by atoms with Gasteiger partial charge in [0.05, 0.1) is 0 Å². The van der Waals surface area contributed by atoms with Crippen molar-refractivity contribution in [3.63, 3.8) is 0 Å². The first kappa shape index (κ1) is 10.2. The topological polar surface area (TPSA) is 0 Å². The molecule has 0 amide bonds. The lowest BCUT2D eigenvalue weighted by Gasteiger charge is -2.03. The van der Waals surface area contributed by atoms with Crippen LogP contribution in [0.25, 0.3) is 0 Å². The average molecular weight is 224 g/mol. The van der Waals surface area contributed by atoms with E-state index in [1.807, 2.05) is 35.3 Å². The summed E-state index contributed by atoms with van der Waals surface area (Å²) in [6.07, 6.45) is 0. The molecule has 0 aromatic heterocycles. The lowest BCUT2D eigenvalue weighted by atomic mass is 10.6. The highest BCUT2D eigenvalue weighted by Crippen LogP contribution is 2.34. The maximum Gasteiger partial charge on any atom is 0.0478 e. The van der Waals surface area contributed by atoms with Crippen LogP contribution in [0.3, 0.4) is 0 Å². The van der Waals surface area contributed by atoms with Gasteiger partial charge >= 0.3 is 0 Å². The molecule has 1 atom stereocenters. The van der Waals surface area contributed by atoms with Crippen LogP contribution < -0.4 is 0 Å². The second-order valence-corrected chi connectivity index (χ2v) is 6.61. The van der Waals surface area contributed by atoms with E-state index in [0.717, 1.165) is 5.75 Å². The Morgan fingerprint density at radius 2 is 2.64 bits per heavy atom. The van der Waals surface area contributed by atoms with Crippen molar-refractivity contribution in [1.82, 2.24) is 0 Å². The van der Waals surface area contributed by atoms with Crippen LogP contribution in [0.2, 0.25) is 0 Å². The van der Waals surface area contributed by atoms with Crippen LogP contribution in [0, 0.1) is 0 Å². The SMILES string of the molecule is CC(S)CSCC1=CSCS1. The van der Waals surface area contributed by atoms with Crippen LogP contribution in [0.15, 0.2) is 10.3 Å². The minimum Gasteiger partial charge on any atom is -0.175 e. The Bertz CT molecular complexity index is 141. The number of hydrogen-bond donors (Lipinski definition) is 1. The maximum absolute atomic E-state index is 4.32. The molecule has 1 aliphatic rings. The predicted octanol–water partition coefficient (Wildman–Crippen LogP) is 3.32. The molecule has 0 fully saturated rings. The molecule has 0 spiro atoms. The van der Waals surface area contributed by atoms with E-state index in [1.165, 1.54) is 15.7 Å². The van der Waals surface area contributed by atoms with Gasteiger partial charge in [0.15, 0.2) is 0 Å². The van der Waals surface area contributed by atoms with E-state index in [2.05, 4.69) is 25.0 Å². The van der Waals surface area contributed by atoms with Crippen molar-refractivity contribution in [3.8, 4) is 0 Å². The molecule has 0 radical (unpaired) electrons. The summed E-state index contributed by atoms with van der Waals surface area (Å²) in [7, 11) is 0. The van der Waals surface area contributed by atoms with Crippen LogP contribution in [0.1, 0.15) is 6.92 Å². The van der Waals surface area contributed by atoms with Gasteiger partial charge in [-0.2, -0.15) is 24.4 Å². The molecule has 0 aromatic rings. The second kappa shape index (κ2) is 5.73. The van der Waals surface area contributed by atoms with Gasteiger partial charge in [-0.3, -0.25) is 0 Å². The van der Waals surface area contributed by atoms with Crippen molar-refractivity contribution in [2.24, 2.45) is 0 Å². The molecule has 1 rings (SSSR count). The molecule has 1 aliphatic heterocycles. The largest absolute Gasteiger partial charge is 0.175 e. The molecule has 0 nitrogen and oxygen atoms in total. The van der Waals surface area contributed by atoms with Crippen LogP contribution in [-0.4, -0.2) is 21.8 Å². The van der Waals surface area contributed by atoms with Crippen LogP contribution >= 0.6 is 47.9 Å². The van der Waals surface area contributed by atoms with Crippen molar-refractivity contribution in [2.75, 3.05) is 16.6 Å². The van der Waals surface area contributed by atoms with E-state index in [-0.39, 0.29) is 0 Å². The van der Waals surface area contributed by atoms with Crippen molar-refractivity contribution in [3.05, 3.63) is 10.3 Å². The molecule has 1 heterocycles. The highest BCUT2D eigenvalue weighted by molar-refractivity contribution is 8.22. The number of thioether (sulfide) groups is 3. The molecular weight excluding hydrogens is 212 g/mol. The summed E-state index contributed by atoms with van der Waals surface area (Å²) in [5.74, 6) is 2.34. The molecule has 1 unspecified atom stereocenters. The Labute approximate surface area is 86.8 Å². The normalized spacial score (nSPS) is 20.0.